The van der Waals surface area contributed by atoms with E-state index < -0.39 is 0 Å². The van der Waals surface area contributed by atoms with Gasteiger partial charge in [0.25, 0.3) is 5.91 Å². The van der Waals surface area contributed by atoms with Crippen LogP contribution in [0, 0.1) is 5.92 Å². The number of aliphatic hydroxyl groups excluding tert-OH is 1. The lowest BCUT2D eigenvalue weighted by atomic mass is 9.92. The van der Waals surface area contributed by atoms with Crippen LogP contribution >= 0.6 is 0 Å². The lowest BCUT2D eigenvalue weighted by Crippen LogP contribution is -2.23. The molecule has 1 N–H and O–H groups in total. The van der Waals surface area contributed by atoms with Gasteiger partial charge in [-0.15, -0.1) is 0 Å². The second-order valence-corrected chi connectivity index (χ2v) is 7.09. The molecule has 0 aliphatic carbocycles. The maximum Gasteiger partial charge on any atom is 0.253 e. The summed E-state index contributed by atoms with van der Waals surface area (Å²) in [5, 5.41) is 14.0. The number of hydrogen-bond acceptors (Lipinski definition) is 4. The molecule has 6 nitrogen and oxygen atoms in total. The number of benzene rings is 1. The third-order valence-electron chi connectivity index (χ3n) is 4.89. The number of hydrogen-bond donors (Lipinski definition) is 1. The number of rotatable bonds is 5. The Labute approximate surface area is 148 Å². The van der Waals surface area contributed by atoms with Crippen LogP contribution in [-0.4, -0.2) is 64.4 Å². The van der Waals surface area contributed by atoms with E-state index in [4.69, 9.17) is 0 Å². The Balaban J connectivity index is 1.71. The van der Waals surface area contributed by atoms with E-state index in [9.17, 15) is 9.90 Å². The molecule has 3 rings (SSSR count). The van der Waals surface area contributed by atoms with Crippen molar-refractivity contribution >= 4 is 5.91 Å². The van der Waals surface area contributed by atoms with Crippen LogP contribution in [-0.2, 0) is 13.6 Å². The van der Waals surface area contributed by atoms with Crippen molar-refractivity contribution < 1.29 is 9.90 Å². The quantitative estimate of drug-likeness (QED) is 0.890. The summed E-state index contributed by atoms with van der Waals surface area (Å²) in [5.41, 5.74) is 3.01. The second-order valence-electron chi connectivity index (χ2n) is 7.09. The third-order valence-corrected chi connectivity index (χ3v) is 4.89. The SMILES string of the molecule is CN(C)C(=O)c1cccc(CN2C[C@@H](CO)[C@H](c3cnn(C)c3)C2)c1. The fourth-order valence-electron chi connectivity index (χ4n) is 3.60. The zero-order chi connectivity index (χ0) is 18.0. The van der Waals surface area contributed by atoms with E-state index in [1.54, 1.807) is 19.0 Å². The van der Waals surface area contributed by atoms with Gasteiger partial charge in [-0.1, -0.05) is 12.1 Å². The van der Waals surface area contributed by atoms with Crippen LogP contribution in [0.1, 0.15) is 27.4 Å². The van der Waals surface area contributed by atoms with E-state index in [0.29, 0.717) is 11.5 Å². The average Bonchev–Trinajstić information content (AvgIpc) is 3.20. The van der Waals surface area contributed by atoms with Crippen molar-refractivity contribution in [3.05, 3.63) is 53.3 Å². The first-order valence-corrected chi connectivity index (χ1v) is 8.60. The number of likely N-dealkylation sites (tertiary alicyclic amines) is 1. The zero-order valence-electron chi connectivity index (χ0n) is 15.1. The van der Waals surface area contributed by atoms with Gasteiger partial charge in [-0.05, 0) is 23.3 Å². The first-order chi connectivity index (χ1) is 12.0. The van der Waals surface area contributed by atoms with E-state index in [2.05, 4.69) is 16.1 Å². The summed E-state index contributed by atoms with van der Waals surface area (Å²) in [6, 6.07) is 7.81. The van der Waals surface area contributed by atoms with Gasteiger partial charge in [0.15, 0.2) is 0 Å². The summed E-state index contributed by atoms with van der Waals surface area (Å²) in [5.74, 6) is 0.533. The van der Waals surface area contributed by atoms with Crippen molar-refractivity contribution in [1.29, 1.82) is 0 Å². The lowest BCUT2D eigenvalue weighted by molar-refractivity contribution is 0.0827. The Bertz CT molecular complexity index is 741. The molecular weight excluding hydrogens is 316 g/mol. The highest BCUT2D eigenvalue weighted by Crippen LogP contribution is 2.33. The molecule has 1 aromatic carbocycles. The zero-order valence-corrected chi connectivity index (χ0v) is 15.1. The van der Waals surface area contributed by atoms with Gasteiger partial charge in [-0.25, -0.2) is 0 Å². The van der Waals surface area contributed by atoms with Crippen molar-refractivity contribution in [2.75, 3.05) is 33.8 Å². The maximum atomic E-state index is 12.1. The predicted molar refractivity (Wildman–Crippen MR) is 96.3 cm³/mol. The lowest BCUT2D eigenvalue weighted by Gasteiger charge is -2.17. The van der Waals surface area contributed by atoms with Crippen LogP contribution < -0.4 is 0 Å². The highest BCUT2D eigenvalue weighted by atomic mass is 16.3. The van der Waals surface area contributed by atoms with Crippen LogP contribution in [0.25, 0.3) is 0 Å². The molecule has 2 aromatic rings. The number of nitrogens with zero attached hydrogens (tertiary/aromatic N) is 4. The molecule has 1 fully saturated rings. The number of amides is 1. The third kappa shape index (κ3) is 3.91. The number of aromatic nitrogens is 2. The molecule has 2 heterocycles. The minimum Gasteiger partial charge on any atom is -0.396 e. The van der Waals surface area contributed by atoms with E-state index >= 15 is 0 Å². The average molecular weight is 342 g/mol. The van der Waals surface area contributed by atoms with Gasteiger partial charge in [0, 0.05) is 71.0 Å². The molecule has 2 atom stereocenters. The van der Waals surface area contributed by atoms with Crippen LogP contribution in [0.4, 0.5) is 0 Å². The molecular formula is C19H26N4O2. The minimum atomic E-state index is 0.0183. The summed E-state index contributed by atoms with van der Waals surface area (Å²) in [4.78, 5) is 16.1. The molecule has 1 aromatic heterocycles. The number of carbonyl (C=O) groups is 1. The second kappa shape index (κ2) is 7.37. The smallest absolute Gasteiger partial charge is 0.253 e. The number of carbonyl (C=O) groups excluding carboxylic acids is 1. The molecule has 25 heavy (non-hydrogen) atoms. The highest BCUT2D eigenvalue weighted by Gasteiger charge is 2.34. The Hall–Kier alpha value is -2.18. The Morgan fingerprint density at radius 3 is 2.80 bits per heavy atom. The predicted octanol–water partition coefficient (Wildman–Crippen LogP) is 1.33. The van der Waals surface area contributed by atoms with Gasteiger partial charge in [-0.3, -0.25) is 14.4 Å². The molecule has 1 aliphatic rings. The molecule has 1 amide bonds. The molecule has 134 valence electrons. The number of aryl methyl sites for hydroxylation is 1. The van der Waals surface area contributed by atoms with Gasteiger partial charge in [0.2, 0.25) is 0 Å². The molecule has 0 unspecified atom stereocenters. The molecule has 0 spiro atoms. The van der Waals surface area contributed by atoms with Crippen LogP contribution in [0.15, 0.2) is 36.7 Å². The summed E-state index contributed by atoms with van der Waals surface area (Å²) in [6.45, 7) is 2.70. The van der Waals surface area contributed by atoms with E-state index in [0.717, 1.165) is 25.2 Å². The molecule has 0 saturated carbocycles. The van der Waals surface area contributed by atoms with Crippen LogP contribution in [0.5, 0.6) is 0 Å². The Morgan fingerprint density at radius 2 is 2.16 bits per heavy atom. The highest BCUT2D eigenvalue weighted by molar-refractivity contribution is 5.94. The minimum absolute atomic E-state index is 0.0183. The fraction of sp³-hybridized carbons (Fsp3) is 0.474. The van der Waals surface area contributed by atoms with Crippen molar-refractivity contribution in [1.82, 2.24) is 19.6 Å². The van der Waals surface area contributed by atoms with E-state index in [1.165, 1.54) is 5.56 Å². The van der Waals surface area contributed by atoms with Gasteiger partial charge in [0.1, 0.15) is 0 Å². The van der Waals surface area contributed by atoms with Gasteiger partial charge < -0.3 is 10.0 Å². The monoisotopic (exact) mass is 342 g/mol. The molecule has 1 saturated heterocycles. The van der Waals surface area contributed by atoms with Crippen molar-refractivity contribution in [3.8, 4) is 0 Å². The summed E-state index contributed by atoms with van der Waals surface area (Å²) < 4.78 is 1.81. The maximum absolute atomic E-state index is 12.1. The van der Waals surface area contributed by atoms with Crippen molar-refractivity contribution in [2.24, 2.45) is 13.0 Å². The fourth-order valence-corrected chi connectivity index (χ4v) is 3.60. The topological polar surface area (TPSA) is 61.6 Å². The van der Waals surface area contributed by atoms with Gasteiger partial charge in [-0.2, -0.15) is 5.10 Å². The summed E-state index contributed by atoms with van der Waals surface area (Å²) >= 11 is 0. The largest absolute Gasteiger partial charge is 0.396 e. The normalized spacial score (nSPS) is 20.8. The van der Waals surface area contributed by atoms with Crippen LogP contribution in [0.2, 0.25) is 0 Å². The Kier molecular flexibility index (Phi) is 5.20. The Morgan fingerprint density at radius 1 is 1.36 bits per heavy atom. The van der Waals surface area contributed by atoms with Crippen molar-refractivity contribution in [2.45, 2.75) is 12.5 Å². The molecule has 1 aliphatic heterocycles. The van der Waals surface area contributed by atoms with E-state index in [-0.39, 0.29) is 18.4 Å². The van der Waals surface area contributed by atoms with E-state index in [1.807, 2.05) is 42.3 Å². The summed E-state index contributed by atoms with van der Waals surface area (Å²) in [7, 11) is 5.44. The molecule has 6 heteroatoms. The van der Waals surface area contributed by atoms with Crippen LogP contribution in [0.3, 0.4) is 0 Å². The standard InChI is InChI=1S/C19H26N4O2/c1-21(2)19(25)15-6-4-5-14(7-15)9-23-11-17(13-24)18(12-23)16-8-20-22(3)10-16/h4-8,10,17-18,24H,9,11-13H2,1-3H3/t17-,18-/m0/s1. The molecule has 0 radical (unpaired) electrons. The van der Waals surface area contributed by atoms with Gasteiger partial charge in [0.05, 0.1) is 6.20 Å². The summed E-state index contributed by atoms with van der Waals surface area (Å²) in [6.07, 6.45) is 3.93. The number of aliphatic hydroxyl groups is 1. The molecule has 0 bridgehead atoms. The first-order valence-electron chi connectivity index (χ1n) is 8.60. The first kappa shape index (κ1) is 17.6. The van der Waals surface area contributed by atoms with Gasteiger partial charge >= 0.3 is 0 Å². The van der Waals surface area contributed by atoms with Crippen molar-refractivity contribution in [3.63, 3.8) is 0 Å².